The highest BCUT2D eigenvalue weighted by molar-refractivity contribution is 9.10. The first-order chi connectivity index (χ1) is 16.5. The summed E-state index contributed by atoms with van der Waals surface area (Å²) >= 11 is 3.51. The molecule has 0 unspecified atom stereocenters. The fraction of sp³-hybridized carbons (Fsp3) is 0.586. The minimum atomic E-state index is -0.510. The number of carbonyl (C=O) groups is 2. The van der Waals surface area contributed by atoms with Crippen molar-refractivity contribution in [2.45, 2.75) is 85.9 Å². The van der Waals surface area contributed by atoms with Gasteiger partial charge in [-0.1, -0.05) is 81.9 Å². The third kappa shape index (κ3) is 7.96. The molecule has 1 heterocycles. The Balaban J connectivity index is 1.81. The van der Waals surface area contributed by atoms with Crippen LogP contribution in [-0.2, 0) is 22.7 Å². The number of amides is 2. The number of nitrogens with zero attached hydrogens (tertiary/aromatic N) is 3. The monoisotopic (exact) mass is 543 g/mol. The first kappa shape index (κ1) is 27.5. The minimum Gasteiger partial charge on any atom is -0.345 e. The maximum atomic E-state index is 13.8. The smallest absolute Gasteiger partial charge is 0.242 e. The second-order valence-corrected chi connectivity index (χ2v) is 12.3. The Morgan fingerprint density at radius 2 is 1.71 bits per heavy atom. The van der Waals surface area contributed by atoms with Gasteiger partial charge in [-0.3, -0.25) is 9.59 Å². The summed E-state index contributed by atoms with van der Waals surface area (Å²) in [7, 11) is 0. The van der Waals surface area contributed by atoms with E-state index in [1.165, 1.54) is 12.0 Å². The van der Waals surface area contributed by atoms with Crippen molar-refractivity contribution in [2.75, 3.05) is 13.1 Å². The molecule has 1 fully saturated rings. The van der Waals surface area contributed by atoms with E-state index in [2.05, 4.69) is 81.8 Å². The first-order valence-electron chi connectivity index (χ1n) is 13.0. The van der Waals surface area contributed by atoms with Crippen LogP contribution in [0.2, 0.25) is 0 Å². The Morgan fingerprint density at radius 3 is 2.31 bits per heavy atom. The lowest BCUT2D eigenvalue weighted by Gasteiger charge is -2.37. The largest absolute Gasteiger partial charge is 0.345 e. The molecule has 35 heavy (non-hydrogen) atoms. The van der Waals surface area contributed by atoms with Gasteiger partial charge >= 0.3 is 0 Å². The zero-order valence-corrected chi connectivity index (χ0v) is 23.7. The lowest BCUT2D eigenvalue weighted by atomic mass is 9.93. The average molecular weight is 545 g/mol. The van der Waals surface area contributed by atoms with Crippen molar-refractivity contribution in [3.8, 4) is 0 Å². The summed E-state index contributed by atoms with van der Waals surface area (Å²) in [5.41, 5.74) is 1.84. The van der Waals surface area contributed by atoms with E-state index >= 15 is 0 Å². The molecule has 3 rings (SSSR count). The Kier molecular flexibility index (Phi) is 9.62. The minimum absolute atomic E-state index is 0.0433. The summed E-state index contributed by atoms with van der Waals surface area (Å²) in [6.07, 6.45) is 7.72. The topological polar surface area (TPSA) is 45.6 Å². The van der Waals surface area contributed by atoms with Crippen LogP contribution in [0.15, 0.2) is 47.1 Å². The molecule has 1 aromatic heterocycles. The van der Waals surface area contributed by atoms with E-state index in [0.717, 1.165) is 42.4 Å². The van der Waals surface area contributed by atoms with Crippen LogP contribution in [-0.4, -0.2) is 45.3 Å². The van der Waals surface area contributed by atoms with Crippen molar-refractivity contribution in [2.24, 2.45) is 11.3 Å². The number of halogens is 1. The molecule has 0 bridgehead atoms. The molecule has 0 radical (unpaired) electrons. The molecule has 1 aliphatic rings. The van der Waals surface area contributed by atoms with Crippen molar-refractivity contribution in [1.29, 1.82) is 0 Å². The first-order valence-corrected chi connectivity index (χ1v) is 13.8. The Hall–Kier alpha value is -2.08. The van der Waals surface area contributed by atoms with Gasteiger partial charge in [0.15, 0.2) is 0 Å². The van der Waals surface area contributed by atoms with Gasteiger partial charge in [-0.15, -0.1) is 0 Å². The number of aromatic nitrogens is 1. The molecular formula is C29H42BrN3O2. The highest BCUT2D eigenvalue weighted by atomic mass is 79.9. The normalized spacial score (nSPS) is 14.8. The average Bonchev–Trinajstić information content (AvgIpc) is 3.24. The van der Waals surface area contributed by atoms with Gasteiger partial charge in [0.25, 0.3) is 0 Å². The van der Waals surface area contributed by atoms with Crippen LogP contribution in [0, 0.1) is 11.3 Å². The Labute approximate surface area is 220 Å². The molecule has 1 aliphatic carbocycles. The molecular weight excluding hydrogens is 502 g/mol. The maximum Gasteiger partial charge on any atom is 0.242 e. The van der Waals surface area contributed by atoms with E-state index in [9.17, 15) is 9.59 Å². The molecule has 0 N–H and O–H groups in total. The molecule has 0 atom stereocenters. The summed E-state index contributed by atoms with van der Waals surface area (Å²) < 4.78 is 3.30. The van der Waals surface area contributed by atoms with Crippen LogP contribution in [0.5, 0.6) is 0 Å². The quantitative estimate of drug-likeness (QED) is 0.362. The number of hydrogen-bond acceptors (Lipinski definition) is 2. The maximum absolute atomic E-state index is 13.8. The molecule has 1 saturated carbocycles. The number of hydrogen-bond donors (Lipinski definition) is 0. The van der Waals surface area contributed by atoms with E-state index in [0.29, 0.717) is 19.0 Å². The predicted molar refractivity (Wildman–Crippen MR) is 146 cm³/mol. The highest BCUT2D eigenvalue weighted by Gasteiger charge is 2.32. The van der Waals surface area contributed by atoms with Gasteiger partial charge in [-0.05, 0) is 48.6 Å². The summed E-state index contributed by atoms with van der Waals surface area (Å²) in [5, 5.41) is 0. The lowest BCUT2D eigenvalue weighted by molar-refractivity contribution is -0.147. The van der Waals surface area contributed by atoms with Crippen LogP contribution >= 0.6 is 15.9 Å². The van der Waals surface area contributed by atoms with E-state index < -0.39 is 5.41 Å². The lowest BCUT2D eigenvalue weighted by Crippen LogP contribution is -2.50. The molecule has 0 spiro atoms. The van der Waals surface area contributed by atoms with Crippen LogP contribution in [0.1, 0.15) is 78.0 Å². The van der Waals surface area contributed by atoms with E-state index in [4.69, 9.17) is 0 Å². The van der Waals surface area contributed by atoms with Crippen molar-refractivity contribution in [3.05, 3.63) is 58.3 Å². The molecule has 2 amide bonds. The molecule has 0 aliphatic heterocycles. The molecule has 192 valence electrons. The molecule has 5 nitrogen and oxygen atoms in total. The number of rotatable bonds is 9. The summed E-state index contributed by atoms with van der Waals surface area (Å²) in [5.74, 6) is 0.411. The van der Waals surface area contributed by atoms with Gasteiger partial charge < -0.3 is 14.4 Å². The van der Waals surface area contributed by atoms with Gasteiger partial charge in [-0.2, -0.15) is 0 Å². The fourth-order valence-corrected chi connectivity index (χ4v) is 5.17. The van der Waals surface area contributed by atoms with Crippen LogP contribution in [0.3, 0.4) is 0 Å². The molecule has 0 saturated heterocycles. The standard InChI is InChI=1S/C29H42BrN3O2/c1-22(2)18-32(28(35)29(3,4)5)21-27(34)33(25-10-7-6-8-11-25)20-26-12-9-17-31(26)19-23-13-15-24(30)16-14-23/h9,12-17,22,25H,6-8,10-11,18-21H2,1-5H3. The number of benzene rings is 1. The SMILES string of the molecule is CC(C)CN(CC(=O)N(Cc1cccn1Cc1ccc(Br)cc1)C1CCCCC1)C(=O)C(C)(C)C. The molecule has 1 aromatic carbocycles. The van der Waals surface area contributed by atoms with Crippen LogP contribution in [0.25, 0.3) is 0 Å². The van der Waals surface area contributed by atoms with Gasteiger partial charge in [-0.25, -0.2) is 0 Å². The van der Waals surface area contributed by atoms with E-state index in [-0.39, 0.29) is 24.4 Å². The summed E-state index contributed by atoms with van der Waals surface area (Å²) in [6.45, 7) is 12.1. The highest BCUT2D eigenvalue weighted by Crippen LogP contribution is 2.26. The summed E-state index contributed by atoms with van der Waals surface area (Å²) in [6, 6.07) is 12.8. The Morgan fingerprint density at radius 1 is 1.06 bits per heavy atom. The zero-order chi connectivity index (χ0) is 25.6. The summed E-state index contributed by atoms with van der Waals surface area (Å²) in [4.78, 5) is 30.8. The van der Waals surface area contributed by atoms with Crippen molar-refractivity contribution in [3.63, 3.8) is 0 Å². The number of carbonyl (C=O) groups excluding carboxylic acids is 2. The third-order valence-electron chi connectivity index (χ3n) is 6.70. The molecule has 2 aromatic rings. The fourth-order valence-electron chi connectivity index (χ4n) is 4.91. The van der Waals surface area contributed by atoms with Gasteiger partial charge in [0.1, 0.15) is 0 Å². The van der Waals surface area contributed by atoms with Crippen molar-refractivity contribution >= 4 is 27.7 Å². The Bertz CT molecular complexity index is 969. The second-order valence-electron chi connectivity index (χ2n) is 11.4. The van der Waals surface area contributed by atoms with E-state index in [1.54, 1.807) is 4.90 Å². The van der Waals surface area contributed by atoms with Gasteiger partial charge in [0, 0.05) is 40.9 Å². The third-order valence-corrected chi connectivity index (χ3v) is 7.23. The predicted octanol–water partition coefficient (Wildman–Crippen LogP) is 6.49. The van der Waals surface area contributed by atoms with Gasteiger partial charge in [0.2, 0.25) is 11.8 Å². The van der Waals surface area contributed by atoms with Crippen molar-refractivity contribution < 1.29 is 9.59 Å². The van der Waals surface area contributed by atoms with Crippen LogP contribution in [0.4, 0.5) is 0 Å². The zero-order valence-electron chi connectivity index (χ0n) is 22.1. The van der Waals surface area contributed by atoms with E-state index in [1.807, 2.05) is 20.8 Å². The van der Waals surface area contributed by atoms with Gasteiger partial charge in [0.05, 0.1) is 13.1 Å². The second kappa shape index (κ2) is 12.2. The van der Waals surface area contributed by atoms with Crippen molar-refractivity contribution in [1.82, 2.24) is 14.4 Å². The molecule has 6 heteroatoms. The van der Waals surface area contributed by atoms with Crippen LogP contribution < -0.4 is 0 Å².